The van der Waals surface area contributed by atoms with E-state index in [0.717, 1.165) is 78.2 Å². The van der Waals surface area contributed by atoms with Crippen molar-refractivity contribution in [3.8, 4) is 0 Å². The van der Waals surface area contributed by atoms with E-state index < -0.39 is 0 Å². The second-order valence-corrected chi connectivity index (χ2v) is 15.4. The van der Waals surface area contributed by atoms with Crippen molar-refractivity contribution in [1.29, 1.82) is 0 Å². The van der Waals surface area contributed by atoms with Crippen molar-refractivity contribution in [3.05, 3.63) is 59.9 Å². The number of unbranched alkanes of at least 4 members (excludes halogenated alkanes) is 9. The van der Waals surface area contributed by atoms with E-state index in [9.17, 15) is 0 Å². The molecular formula is C41H85O6Ti-5. The third-order valence-corrected chi connectivity index (χ3v) is 6.28. The monoisotopic (exact) mass is 722 g/mol. The van der Waals surface area contributed by atoms with Gasteiger partial charge in [-0.1, -0.05) is 120 Å². The predicted octanol–water partition coefficient (Wildman–Crippen LogP) is 11.8. The molecule has 0 rings (SSSR count). The Morgan fingerprint density at radius 1 is 0.583 bits per heavy atom. The Hall–Kier alpha value is -0.466. The topological polar surface area (TPSA) is 107 Å². The molecule has 0 radical (unpaired) electrons. The molecule has 0 atom stereocenters. The van der Waals surface area contributed by atoms with Crippen molar-refractivity contribution in [1.82, 2.24) is 0 Å². The molecule has 0 heterocycles. The van der Waals surface area contributed by atoms with E-state index in [1.807, 2.05) is 0 Å². The summed E-state index contributed by atoms with van der Waals surface area (Å²) in [7, 11) is 0. The maximum atomic E-state index is 8.94. The molecule has 0 aromatic carbocycles. The van der Waals surface area contributed by atoms with Crippen LogP contribution in [0.4, 0.5) is 0 Å². The molecule has 48 heavy (non-hydrogen) atoms. The number of allylic oxidation sites excluding steroid dienone is 2. The Kier molecular flexibility index (Phi) is 60.7. The fourth-order valence-electron chi connectivity index (χ4n) is 3.39. The van der Waals surface area contributed by atoms with Crippen LogP contribution in [0.15, 0.2) is 25.3 Å². The summed E-state index contributed by atoms with van der Waals surface area (Å²) in [6.45, 7) is 44.5. The number of hydrogen-bond acceptors (Lipinski definition) is 6. The van der Waals surface area contributed by atoms with Crippen LogP contribution in [0.3, 0.4) is 0 Å². The van der Waals surface area contributed by atoms with Crippen molar-refractivity contribution >= 4 is 0 Å². The van der Waals surface area contributed by atoms with Gasteiger partial charge in [0.2, 0.25) is 0 Å². The van der Waals surface area contributed by atoms with Crippen molar-refractivity contribution in [2.24, 2.45) is 21.7 Å². The van der Waals surface area contributed by atoms with Gasteiger partial charge >= 0.3 is 23.7 Å². The minimum absolute atomic E-state index is 0.0635. The molecule has 0 aliphatic rings. The fourth-order valence-corrected chi connectivity index (χ4v) is 3.39. The molecule has 0 aliphatic carbocycles. The first kappa shape index (κ1) is 62.6. The summed E-state index contributed by atoms with van der Waals surface area (Å²) in [5.74, 6) is 0. The number of hydrogen-bond donors (Lipinski definition) is 4. The summed E-state index contributed by atoms with van der Waals surface area (Å²) in [5.41, 5.74) is 0.566. The van der Waals surface area contributed by atoms with E-state index in [4.69, 9.17) is 23.9 Å². The zero-order valence-electron chi connectivity index (χ0n) is 33.6. The molecule has 294 valence electrons. The Morgan fingerprint density at radius 3 is 1.06 bits per heavy atom. The van der Waals surface area contributed by atoms with Gasteiger partial charge in [-0.2, -0.15) is 18.3 Å². The van der Waals surface area contributed by atoms with Crippen LogP contribution in [0.25, 0.3) is 0 Å². The molecule has 0 fully saturated rings. The third-order valence-electron chi connectivity index (χ3n) is 6.28. The Balaban J connectivity index is -0.0000000891. The van der Waals surface area contributed by atoms with E-state index in [1.165, 1.54) is 50.7 Å². The SMILES string of the molecule is C=C[CH2-].C=C[CH2-].CC(C)(CCCCCCO)COO.[CH2-]C(C)(C)C.[CH2-]CCCCCC(C)(C)CO.[CH2-]CCCCCC(C)(C)CO.[O]=[Ti]. The average molecular weight is 722 g/mol. The van der Waals surface area contributed by atoms with Gasteiger partial charge in [-0.15, -0.1) is 0 Å². The summed E-state index contributed by atoms with van der Waals surface area (Å²) in [5, 5.41) is 34.7. The van der Waals surface area contributed by atoms with Gasteiger partial charge in [0.15, 0.2) is 0 Å². The third kappa shape index (κ3) is 90.8. The average Bonchev–Trinajstić information content (AvgIpc) is 2.99. The first-order valence-electron chi connectivity index (χ1n) is 17.7. The van der Waals surface area contributed by atoms with Gasteiger partial charge in [-0.3, -0.25) is 5.26 Å². The molecule has 6 nitrogen and oxygen atoms in total. The van der Waals surface area contributed by atoms with E-state index >= 15 is 0 Å². The molecule has 0 saturated carbocycles. The van der Waals surface area contributed by atoms with Crippen molar-refractivity contribution in [2.75, 3.05) is 26.4 Å². The van der Waals surface area contributed by atoms with Gasteiger partial charge in [0, 0.05) is 19.8 Å². The fraction of sp³-hybridized carbons (Fsp3) is 0.780. The summed E-state index contributed by atoms with van der Waals surface area (Å²) >= 11 is 0.750. The Bertz CT molecular complexity index is 550. The van der Waals surface area contributed by atoms with E-state index in [0.29, 0.717) is 26.4 Å². The zero-order valence-corrected chi connectivity index (χ0v) is 35.2. The molecule has 7 heteroatoms. The molecule has 0 aromatic heterocycles. The van der Waals surface area contributed by atoms with E-state index in [-0.39, 0.29) is 21.7 Å². The maximum absolute atomic E-state index is 8.94. The quantitative estimate of drug-likeness (QED) is 0.0328. The molecule has 0 aliphatic heterocycles. The molecule has 0 spiro atoms. The standard InChI is InChI=1S/C10H22O3.2C10H21O.C5H11.2C3H5.O.Ti/c1-10(2,9-13-12)7-5-3-4-6-8-11;2*1-4-5-6-7-8-10(2,3)9-11;1-5(2,3)4;2*1-3-2;;/h11-12H,3-9H2,1-2H3;2*11H,1,4-9H2,2-3H3;1H2,2-4H3;2*3H,1-2H2;;/q;5*-1;;. The van der Waals surface area contributed by atoms with Crippen LogP contribution in [0.1, 0.15) is 159 Å². The van der Waals surface area contributed by atoms with Gasteiger partial charge in [0.1, 0.15) is 0 Å². The molecule has 0 unspecified atom stereocenters. The summed E-state index contributed by atoms with van der Waals surface area (Å²) in [4.78, 5) is 4.14. The second kappa shape index (κ2) is 46.5. The molecule has 4 N–H and O–H groups in total. The summed E-state index contributed by atoms with van der Waals surface area (Å²) < 4.78 is 8.25. The van der Waals surface area contributed by atoms with Crippen LogP contribution in [0.2, 0.25) is 0 Å². The van der Waals surface area contributed by atoms with Crippen molar-refractivity contribution in [3.63, 3.8) is 0 Å². The summed E-state index contributed by atoms with van der Waals surface area (Å²) in [6, 6.07) is 0. The minimum atomic E-state index is 0.0635. The molecule has 0 amide bonds. The van der Waals surface area contributed by atoms with Gasteiger partial charge in [-0.25, -0.2) is 44.0 Å². The van der Waals surface area contributed by atoms with Crippen LogP contribution in [0.5, 0.6) is 0 Å². The predicted molar refractivity (Wildman–Crippen MR) is 208 cm³/mol. The molecule has 0 saturated heterocycles. The Morgan fingerprint density at radius 2 is 0.833 bits per heavy atom. The first-order chi connectivity index (χ1) is 22.2. The number of rotatable bonds is 20. The molecule has 0 aromatic rings. The van der Waals surface area contributed by atoms with Gasteiger partial charge in [0.25, 0.3) is 0 Å². The van der Waals surface area contributed by atoms with Gasteiger partial charge < -0.3 is 36.1 Å². The number of aliphatic hydroxyl groups excluding tert-OH is 3. The van der Waals surface area contributed by atoms with E-state index in [2.05, 4.69) is 115 Å². The van der Waals surface area contributed by atoms with Crippen LogP contribution in [-0.2, 0) is 28.6 Å². The van der Waals surface area contributed by atoms with Gasteiger partial charge in [-0.05, 0) is 41.9 Å². The first-order valence-corrected chi connectivity index (χ1v) is 18.4. The second-order valence-electron chi connectivity index (χ2n) is 15.4. The van der Waals surface area contributed by atoms with Crippen molar-refractivity contribution < 1.29 is 49.2 Å². The van der Waals surface area contributed by atoms with E-state index in [1.54, 1.807) is 0 Å². The number of aliphatic hydroxyl groups is 3. The van der Waals surface area contributed by atoms with Crippen LogP contribution < -0.4 is 0 Å². The van der Waals surface area contributed by atoms with Crippen LogP contribution in [0, 0.1) is 56.3 Å². The Labute approximate surface area is 314 Å². The van der Waals surface area contributed by atoms with Crippen LogP contribution >= 0.6 is 0 Å². The summed E-state index contributed by atoms with van der Waals surface area (Å²) in [6.07, 6.45) is 20.1. The normalized spacial score (nSPS) is 10.6. The molecular weight excluding hydrogens is 636 g/mol. The van der Waals surface area contributed by atoms with Gasteiger partial charge in [0.05, 0.1) is 6.61 Å². The molecule has 0 bridgehead atoms. The van der Waals surface area contributed by atoms with Crippen molar-refractivity contribution in [2.45, 2.75) is 159 Å². The van der Waals surface area contributed by atoms with Crippen LogP contribution in [-0.4, -0.2) is 47.0 Å². The zero-order chi connectivity index (χ0) is 39.6.